The average molecular weight is 386 g/mol. The lowest BCUT2D eigenvalue weighted by Gasteiger charge is -2.15. The number of H-pyrrole nitrogens is 1. The Morgan fingerprint density at radius 1 is 1.11 bits per heavy atom. The molecule has 2 aromatic carbocycles. The Hall–Kier alpha value is -2.74. The van der Waals surface area contributed by atoms with Crippen LogP contribution >= 0.6 is 0 Å². The fourth-order valence-electron chi connectivity index (χ4n) is 3.57. The van der Waals surface area contributed by atoms with Crippen LogP contribution in [0.3, 0.4) is 0 Å². The van der Waals surface area contributed by atoms with Crippen LogP contribution in [0.4, 0.5) is 4.39 Å². The van der Waals surface area contributed by atoms with E-state index in [0.717, 1.165) is 0 Å². The molecule has 0 spiro atoms. The van der Waals surface area contributed by atoms with Crippen LogP contribution in [0.5, 0.6) is 0 Å². The molecule has 6 nitrogen and oxygen atoms in total. The molecule has 0 fully saturated rings. The summed E-state index contributed by atoms with van der Waals surface area (Å²) in [7, 11) is -3.52. The molecule has 4 aromatic rings. The van der Waals surface area contributed by atoms with Crippen molar-refractivity contribution in [3.63, 3.8) is 0 Å². The van der Waals surface area contributed by atoms with Gasteiger partial charge < -0.3 is 4.57 Å². The Morgan fingerprint density at radius 2 is 1.78 bits per heavy atom. The molecule has 0 aliphatic carbocycles. The van der Waals surface area contributed by atoms with Crippen LogP contribution < -0.4 is 0 Å². The molecular weight excluding hydrogens is 367 g/mol. The highest BCUT2D eigenvalue weighted by Crippen LogP contribution is 2.38. The number of nitrogens with zero attached hydrogens (tertiary/aromatic N) is 3. The van der Waals surface area contributed by atoms with Gasteiger partial charge in [-0.05, 0) is 48.7 Å². The minimum atomic E-state index is -3.52. The molecule has 27 heavy (non-hydrogen) atoms. The average Bonchev–Trinajstić information content (AvgIpc) is 3.16. The van der Waals surface area contributed by atoms with Gasteiger partial charge in [0, 0.05) is 23.0 Å². The fraction of sp³-hybridized carbons (Fsp3) is 0.263. The summed E-state index contributed by atoms with van der Waals surface area (Å²) in [6.07, 6.45) is 1.21. The lowest BCUT2D eigenvalue weighted by atomic mass is 10.1. The maximum atomic E-state index is 13.8. The molecule has 1 N–H and O–H groups in total. The third kappa shape index (κ3) is 2.71. The molecule has 0 unspecified atom stereocenters. The normalized spacial score (nSPS) is 12.5. The summed E-state index contributed by atoms with van der Waals surface area (Å²) >= 11 is 0. The molecular formula is C19H19FN4O2S. The SMILES string of the molecule is Cc1cc(-n2c(C(C)C)c(S(C)(=O)=O)c3cc4n[nH]nc4cc32)ccc1F. The summed E-state index contributed by atoms with van der Waals surface area (Å²) in [6, 6.07) is 8.33. The van der Waals surface area contributed by atoms with Gasteiger partial charge in [-0.25, -0.2) is 12.8 Å². The summed E-state index contributed by atoms with van der Waals surface area (Å²) in [5.41, 5.74) is 3.79. The molecule has 8 heteroatoms. The minimum Gasteiger partial charge on any atom is -0.312 e. The lowest BCUT2D eigenvalue weighted by Crippen LogP contribution is -2.07. The summed E-state index contributed by atoms with van der Waals surface area (Å²) in [5, 5.41) is 11.4. The second kappa shape index (κ2) is 5.88. The molecule has 0 bridgehead atoms. The number of fused-ring (bicyclic) bond motifs is 2. The molecule has 0 aliphatic rings. The van der Waals surface area contributed by atoms with E-state index in [1.807, 2.05) is 24.5 Å². The quantitative estimate of drug-likeness (QED) is 0.579. The summed E-state index contributed by atoms with van der Waals surface area (Å²) in [5.74, 6) is -0.377. The molecule has 0 aliphatic heterocycles. The zero-order chi connectivity index (χ0) is 19.5. The molecule has 2 heterocycles. The molecule has 0 amide bonds. The Bertz CT molecular complexity index is 1300. The van der Waals surface area contributed by atoms with Gasteiger partial charge >= 0.3 is 0 Å². The second-order valence-corrected chi connectivity index (χ2v) is 9.04. The smallest absolute Gasteiger partial charge is 0.177 e. The van der Waals surface area contributed by atoms with Crippen LogP contribution in [0, 0.1) is 12.7 Å². The Balaban J connectivity index is 2.24. The van der Waals surface area contributed by atoms with E-state index in [-0.39, 0.29) is 16.6 Å². The maximum absolute atomic E-state index is 13.8. The first kappa shape index (κ1) is 17.7. The predicted octanol–water partition coefficient (Wildman–Crippen LogP) is 3.88. The van der Waals surface area contributed by atoms with E-state index in [4.69, 9.17) is 0 Å². The number of hydrogen-bond donors (Lipinski definition) is 1. The van der Waals surface area contributed by atoms with Gasteiger partial charge in [-0.3, -0.25) is 0 Å². The van der Waals surface area contributed by atoms with Crippen molar-refractivity contribution in [1.29, 1.82) is 0 Å². The van der Waals surface area contributed by atoms with Crippen LogP contribution in [0.2, 0.25) is 0 Å². The van der Waals surface area contributed by atoms with Crippen LogP contribution in [0.15, 0.2) is 35.2 Å². The molecule has 140 valence electrons. The van der Waals surface area contributed by atoms with Crippen LogP contribution in [-0.2, 0) is 9.84 Å². The number of rotatable bonds is 3. The van der Waals surface area contributed by atoms with E-state index in [2.05, 4.69) is 15.4 Å². The van der Waals surface area contributed by atoms with Crippen molar-refractivity contribution in [2.24, 2.45) is 0 Å². The number of hydrogen-bond acceptors (Lipinski definition) is 4. The summed E-state index contributed by atoms with van der Waals surface area (Å²) in [4.78, 5) is 0.277. The van der Waals surface area contributed by atoms with E-state index in [0.29, 0.717) is 38.9 Å². The third-order valence-corrected chi connectivity index (χ3v) is 5.88. The number of aryl methyl sites for hydroxylation is 1. The van der Waals surface area contributed by atoms with Crippen molar-refractivity contribution in [1.82, 2.24) is 20.0 Å². The van der Waals surface area contributed by atoms with Gasteiger partial charge in [-0.15, -0.1) is 0 Å². The molecule has 4 rings (SSSR count). The summed E-state index contributed by atoms with van der Waals surface area (Å²) in [6.45, 7) is 5.58. The van der Waals surface area contributed by atoms with E-state index in [1.165, 1.54) is 12.3 Å². The van der Waals surface area contributed by atoms with Gasteiger partial charge in [0.05, 0.1) is 10.4 Å². The Kier molecular flexibility index (Phi) is 3.85. The minimum absolute atomic E-state index is 0.0747. The number of benzene rings is 2. The Morgan fingerprint density at radius 3 is 2.37 bits per heavy atom. The number of aromatic nitrogens is 4. The van der Waals surface area contributed by atoms with Gasteiger partial charge in [0.25, 0.3) is 0 Å². The van der Waals surface area contributed by atoms with E-state index >= 15 is 0 Å². The van der Waals surface area contributed by atoms with Crippen molar-refractivity contribution < 1.29 is 12.8 Å². The first-order valence-electron chi connectivity index (χ1n) is 8.54. The number of halogens is 1. The van der Waals surface area contributed by atoms with Crippen molar-refractivity contribution >= 4 is 31.8 Å². The Labute approximate surface area is 155 Å². The largest absolute Gasteiger partial charge is 0.312 e. The van der Waals surface area contributed by atoms with Gasteiger partial charge in [-0.2, -0.15) is 15.4 Å². The molecule has 0 saturated carbocycles. The van der Waals surface area contributed by atoms with E-state index < -0.39 is 9.84 Å². The number of aromatic amines is 1. The van der Waals surface area contributed by atoms with E-state index in [1.54, 1.807) is 25.1 Å². The van der Waals surface area contributed by atoms with Gasteiger partial charge in [0.15, 0.2) is 9.84 Å². The number of sulfone groups is 1. The van der Waals surface area contributed by atoms with E-state index in [9.17, 15) is 12.8 Å². The zero-order valence-corrected chi connectivity index (χ0v) is 16.2. The third-order valence-electron chi connectivity index (χ3n) is 4.71. The predicted molar refractivity (Wildman–Crippen MR) is 103 cm³/mol. The molecule has 0 saturated heterocycles. The highest BCUT2D eigenvalue weighted by molar-refractivity contribution is 7.91. The molecule has 0 atom stereocenters. The molecule has 0 radical (unpaired) electrons. The maximum Gasteiger partial charge on any atom is 0.177 e. The lowest BCUT2D eigenvalue weighted by molar-refractivity contribution is 0.599. The number of nitrogens with one attached hydrogen (secondary N) is 1. The molecule has 2 aromatic heterocycles. The van der Waals surface area contributed by atoms with Crippen LogP contribution in [-0.4, -0.2) is 34.7 Å². The van der Waals surface area contributed by atoms with Crippen LogP contribution in [0.25, 0.3) is 27.6 Å². The zero-order valence-electron chi connectivity index (χ0n) is 15.4. The highest BCUT2D eigenvalue weighted by atomic mass is 32.2. The van der Waals surface area contributed by atoms with Crippen LogP contribution in [0.1, 0.15) is 31.0 Å². The van der Waals surface area contributed by atoms with Crippen molar-refractivity contribution in [3.05, 3.63) is 47.4 Å². The monoisotopic (exact) mass is 386 g/mol. The van der Waals surface area contributed by atoms with Gasteiger partial charge in [-0.1, -0.05) is 13.8 Å². The second-order valence-electron chi connectivity index (χ2n) is 7.09. The van der Waals surface area contributed by atoms with Crippen molar-refractivity contribution in [2.45, 2.75) is 31.6 Å². The summed E-state index contributed by atoms with van der Waals surface area (Å²) < 4.78 is 41.1. The van der Waals surface area contributed by atoms with Crippen molar-refractivity contribution in [3.8, 4) is 5.69 Å². The van der Waals surface area contributed by atoms with Gasteiger partial charge in [0.2, 0.25) is 0 Å². The fourth-order valence-corrected chi connectivity index (χ4v) is 4.84. The van der Waals surface area contributed by atoms with Crippen molar-refractivity contribution in [2.75, 3.05) is 6.26 Å². The highest BCUT2D eigenvalue weighted by Gasteiger charge is 2.27. The first-order chi connectivity index (χ1) is 12.7. The van der Waals surface area contributed by atoms with Gasteiger partial charge in [0.1, 0.15) is 16.9 Å². The standard InChI is InChI=1S/C19H19FN4O2S/c1-10(2)18-19(27(4,25)26)13-8-15-16(22-23-21-15)9-17(13)24(18)12-5-6-14(20)11(3)7-12/h5-10H,1-4H3,(H,21,22,23). The topological polar surface area (TPSA) is 80.6 Å². The first-order valence-corrected chi connectivity index (χ1v) is 10.4.